The van der Waals surface area contributed by atoms with E-state index in [2.05, 4.69) is 10.6 Å². The Morgan fingerprint density at radius 1 is 1.00 bits per heavy atom. The highest BCUT2D eigenvalue weighted by atomic mass is 19.3. The molecule has 1 fully saturated rings. The van der Waals surface area contributed by atoms with Gasteiger partial charge in [0.05, 0.1) is 13.1 Å². The molecule has 156 valence electrons. The van der Waals surface area contributed by atoms with Crippen LogP contribution >= 0.6 is 0 Å². The van der Waals surface area contributed by atoms with E-state index < -0.39 is 23.7 Å². The zero-order valence-corrected chi connectivity index (χ0v) is 16.4. The minimum absolute atomic E-state index is 0.0118. The van der Waals surface area contributed by atoms with E-state index in [1.807, 2.05) is 30.6 Å². The second kappa shape index (κ2) is 9.38. The van der Waals surface area contributed by atoms with E-state index in [1.54, 1.807) is 0 Å². The molecule has 0 aliphatic carbocycles. The number of carbonyl (C=O) groups excluding carboxylic acids is 2. The quantitative estimate of drug-likeness (QED) is 0.769. The van der Waals surface area contributed by atoms with Crippen LogP contribution in [0.15, 0.2) is 18.2 Å². The number of nitrogens with zero attached hydrogens (tertiary/aromatic N) is 2. The van der Waals surface area contributed by atoms with Gasteiger partial charge in [0.2, 0.25) is 11.8 Å². The Bertz CT molecular complexity index is 699. The number of hydrogen-bond acceptors (Lipinski definition) is 4. The van der Waals surface area contributed by atoms with Gasteiger partial charge in [-0.05, 0) is 39.0 Å². The molecule has 0 atom stereocenters. The molecular formula is C19H27F3N4O2. The Labute approximate surface area is 163 Å². The largest absolute Gasteiger partial charge is 0.350 e. The molecule has 0 saturated carbocycles. The van der Waals surface area contributed by atoms with Crippen molar-refractivity contribution >= 4 is 17.5 Å². The molecule has 9 heteroatoms. The first-order valence-electron chi connectivity index (χ1n) is 9.16. The van der Waals surface area contributed by atoms with Crippen molar-refractivity contribution in [1.82, 2.24) is 15.1 Å². The zero-order chi connectivity index (χ0) is 20.9. The van der Waals surface area contributed by atoms with Gasteiger partial charge in [-0.3, -0.25) is 19.4 Å². The highest BCUT2D eigenvalue weighted by Gasteiger charge is 2.22. The fraction of sp³-hybridized carbons (Fsp3) is 0.579. The molecule has 1 aliphatic heterocycles. The van der Waals surface area contributed by atoms with Gasteiger partial charge in [-0.2, -0.15) is 0 Å². The third-order valence-corrected chi connectivity index (χ3v) is 4.17. The fourth-order valence-corrected chi connectivity index (χ4v) is 2.98. The van der Waals surface area contributed by atoms with Crippen molar-refractivity contribution in [2.45, 2.75) is 32.7 Å². The summed E-state index contributed by atoms with van der Waals surface area (Å²) < 4.78 is 38.9. The molecule has 28 heavy (non-hydrogen) atoms. The van der Waals surface area contributed by atoms with E-state index >= 15 is 0 Å². The second-order valence-corrected chi connectivity index (χ2v) is 7.97. The third kappa shape index (κ3) is 7.47. The average Bonchev–Trinajstić information content (AvgIpc) is 2.54. The van der Waals surface area contributed by atoms with Crippen LogP contribution in [0.25, 0.3) is 0 Å². The lowest BCUT2D eigenvalue weighted by Crippen LogP contribution is -2.52. The minimum Gasteiger partial charge on any atom is -0.350 e. The fourth-order valence-electron chi connectivity index (χ4n) is 2.98. The number of halogens is 3. The van der Waals surface area contributed by atoms with Gasteiger partial charge in [0, 0.05) is 43.0 Å². The van der Waals surface area contributed by atoms with Gasteiger partial charge >= 0.3 is 0 Å². The van der Waals surface area contributed by atoms with Gasteiger partial charge in [-0.1, -0.05) is 0 Å². The molecule has 2 rings (SSSR count). The van der Waals surface area contributed by atoms with Gasteiger partial charge in [0.1, 0.15) is 5.82 Å². The van der Waals surface area contributed by atoms with E-state index in [0.717, 1.165) is 18.2 Å². The zero-order valence-electron chi connectivity index (χ0n) is 16.4. The van der Waals surface area contributed by atoms with E-state index in [9.17, 15) is 22.8 Å². The lowest BCUT2D eigenvalue weighted by molar-refractivity contribution is -0.124. The summed E-state index contributed by atoms with van der Waals surface area (Å²) >= 11 is 0. The predicted octanol–water partition coefficient (Wildman–Crippen LogP) is 2.23. The molecule has 0 unspecified atom stereocenters. The SMILES string of the molecule is CC(C)(C)NC(=O)CN1CCN(CC(=O)Nc2cc(F)cc(C(F)F)c2)CC1. The lowest BCUT2D eigenvalue weighted by atomic mass is 10.1. The number of alkyl halides is 2. The first-order valence-corrected chi connectivity index (χ1v) is 9.16. The molecule has 1 aromatic carbocycles. The Kier molecular flexibility index (Phi) is 7.42. The van der Waals surface area contributed by atoms with Crippen LogP contribution in [0.2, 0.25) is 0 Å². The topological polar surface area (TPSA) is 64.7 Å². The van der Waals surface area contributed by atoms with E-state index in [-0.39, 0.29) is 23.7 Å². The highest BCUT2D eigenvalue weighted by Crippen LogP contribution is 2.23. The minimum atomic E-state index is -2.81. The van der Waals surface area contributed by atoms with Crippen LogP contribution in [0.4, 0.5) is 18.9 Å². The van der Waals surface area contributed by atoms with E-state index in [1.165, 1.54) is 0 Å². The molecule has 1 aliphatic rings. The second-order valence-electron chi connectivity index (χ2n) is 7.97. The van der Waals surface area contributed by atoms with Crippen molar-refractivity contribution in [3.63, 3.8) is 0 Å². The number of amides is 2. The molecule has 1 saturated heterocycles. The summed E-state index contributed by atoms with van der Waals surface area (Å²) in [5, 5.41) is 5.37. The van der Waals surface area contributed by atoms with Gasteiger partial charge in [0.25, 0.3) is 6.43 Å². The Morgan fingerprint density at radius 3 is 2.04 bits per heavy atom. The molecule has 0 radical (unpaired) electrons. The summed E-state index contributed by atoms with van der Waals surface area (Å²) in [6.07, 6.45) is -2.81. The molecule has 0 spiro atoms. The molecule has 6 nitrogen and oxygen atoms in total. The van der Waals surface area contributed by atoms with Crippen molar-refractivity contribution in [3.05, 3.63) is 29.6 Å². The van der Waals surface area contributed by atoms with Crippen LogP contribution in [0.1, 0.15) is 32.8 Å². The van der Waals surface area contributed by atoms with Crippen LogP contribution in [0, 0.1) is 5.82 Å². The van der Waals surface area contributed by atoms with Crippen molar-refractivity contribution in [2.24, 2.45) is 0 Å². The molecule has 2 N–H and O–H groups in total. The normalized spacial score (nSPS) is 16.2. The maximum atomic E-state index is 13.4. The molecule has 1 heterocycles. The van der Waals surface area contributed by atoms with Crippen molar-refractivity contribution in [2.75, 3.05) is 44.6 Å². The third-order valence-electron chi connectivity index (χ3n) is 4.17. The van der Waals surface area contributed by atoms with Gasteiger partial charge < -0.3 is 10.6 Å². The van der Waals surface area contributed by atoms with E-state index in [0.29, 0.717) is 32.7 Å². The molecule has 2 amide bonds. The van der Waals surface area contributed by atoms with Crippen LogP contribution in [0.5, 0.6) is 0 Å². The van der Waals surface area contributed by atoms with Crippen molar-refractivity contribution in [1.29, 1.82) is 0 Å². The number of piperazine rings is 1. The van der Waals surface area contributed by atoms with Crippen LogP contribution in [0.3, 0.4) is 0 Å². The van der Waals surface area contributed by atoms with Crippen molar-refractivity contribution in [3.8, 4) is 0 Å². The molecular weight excluding hydrogens is 373 g/mol. The first-order chi connectivity index (χ1) is 13.0. The number of benzene rings is 1. The van der Waals surface area contributed by atoms with E-state index in [4.69, 9.17) is 0 Å². The number of anilines is 1. The maximum absolute atomic E-state index is 13.4. The number of nitrogens with one attached hydrogen (secondary N) is 2. The maximum Gasteiger partial charge on any atom is 0.264 e. The van der Waals surface area contributed by atoms with Crippen LogP contribution in [-0.2, 0) is 9.59 Å². The van der Waals surface area contributed by atoms with Gasteiger partial charge in [0.15, 0.2) is 0 Å². The molecule has 1 aromatic rings. The summed E-state index contributed by atoms with van der Waals surface area (Å²) in [4.78, 5) is 28.0. The van der Waals surface area contributed by atoms with Crippen molar-refractivity contribution < 1.29 is 22.8 Å². The number of hydrogen-bond donors (Lipinski definition) is 2. The Balaban J connectivity index is 1.78. The molecule has 0 bridgehead atoms. The van der Waals surface area contributed by atoms with Gasteiger partial charge in [-0.25, -0.2) is 13.2 Å². The average molecular weight is 400 g/mol. The smallest absolute Gasteiger partial charge is 0.264 e. The first kappa shape index (κ1) is 22.2. The Hall–Kier alpha value is -2.13. The highest BCUT2D eigenvalue weighted by molar-refractivity contribution is 5.92. The van der Waals surface area contributed by atoms with Crippen LogP contribution in [-0.4, -0.2) is 66.4 Å². The predicted molar refractivity (Wildman–Crippen MR) is 101 cm³/mol. The Morgan fingerprint density at radius 2 is 1.54 bits per heavy atom. The summed E-state index contributed by atoms with van der Waals surface area (Å²) in [7, 11) is 0. The monoisotopic (exact) mass is 400 g/mol. The summed E-state index contributed by atoms with van der Waals surface area (Å²) in [6.45, 7) is 8.61. The number of carbonyl (C=O) groups is 2. The number of rotatable bonds is 6. The molecule has 0 aromatic heterocycles. The lowest BCUT2D eigenvalue weighted by Gasteiger charge is -2.34. The van der Waals surface area contributed by atoms with Gasteiger partial charge in [-0.15, -0.1) is 0 Å². The summed E-state index contributed by atoms with van der Waals surface area (Å²) in [5.74, 6) is -1.26. The van der Waals surface area contributed by atoms with Crippen LogP contribution < -0.4 is 10.6 Å². The summed E-state index contributed by atoms with van der Waals surface area (Å²) in [5.41, 5.74) is -0.742. The summed E-state index contributed by atoms with van der Waals surface area (Å²) in [6, 6.07) is 2.82. The standard InChI is InChI=1S/C19H27F3N4O2/c1-19(2,3)24-17(28)12-26-6-4-25(5-7-26)11-16(27)23-15-9-13(18(21)22)8-14(20)10-15/h8-10,18H,4-7,11-12H2,1-3H3,(H,23,27)(H,24,28).